The van der Waals surface area contributed by atoms with Crippen LogP contribution in [0.25, 0.3) is 0 Å². The number of carbonyl (C=O) groups is 1. The second-order valence-electron chi connectivity index (χ2n) is 3.98. The van der Waals surface area contributed by atoms with Gasteiger partial charge < -0.3 is 10.6 Å². The van der Waals surface area contributed by atoms with Crippen LogP contribution in [0.4, 0.5) is 0 Å². The molecular weight excluding hydrogens is 315 g/mol. The topological polar surface area (TPSA) is 41.1 Å². The minimum absolute atomic E-state index is 0.0266. The summed E-state index contributed by atoms with van der Waals surface area (Å²) in [6.45, 7) is 1.80. The molecule has 0 aliphatic carbocycles. The number of benzene rings is 1. The normalized spacial score (nSPS) is 19.7. The van der Waals surface area contributed by atoms with E-state index in [0.29, 0.717) is 6.04 Å². The predicted octanol–water partition coefficient (Wildman–Crippen LogP) is 1.77. The molecule has 3 nitrogen and oxygen atoms in total. The number of halogens is 1. The van der Waals surface area contributed by atoms with Crippen molar-refractivity contribution in [2.45, 2.75) is 18.9 Å². The van der Waals surface area contributed by atoms with E-state index in [1.165, 1.54) is 6.42 Å². The summed E-state index contributed by atoms with van der Waals surface area (Å²) in [5.74, 6) is 0.0266. The Balaban J connectivity index is 1.90. The zero-order valence-corrected chi connectivity index (χ0v) is 11.2. The highest BCUT2D eigenvalue weighted by Crippen LogP contribution is 2.11. The van der Waals surface area contributed by atoms with E-state index in [1.54, 1.807) is 0 Å². The van der Waals surface area contributed by atoms with Gasteiger partial charge in [0.15, 0.2) is 0 Å². The highest BCUT2D eigenvalue weighted by Gasteiger charge is 2.15. The zero-order valence-electron chi connectivity index (χ0n) is 9.00. The van der Waals surface area contributed by atoms with E-state index in [0.717, 1.165) is 28.6 Å². The highest BCUT2D eigenvalue weighted by molar-refractivity contribution is 14.1. The average Bonchev–Trinajstić information content (AvgIpc) is 2.79. The largest absolute Gasteiger partial charge is 0.350 e. The van der Waals surface area contributed by atoms with Gasteiger partial charge in [0.2, 0.25) is 0 Å². The zero-order chi connectivity index (χ0) is 11.4. The molecule has 2 N–H and O–H groups in total. The maximum atomic E-state index is 11.9. The number of rotatable bonds is 3. The van der Waals surface area contributed by atoms with E-state index in [4.69, 9.17) is 0 Å². The molecule has 1 heterocycles. The third-order valence-electron chi connectivity index (χ3n) is 2.79. The van der Waals surface area contributed by atoms with Crippen LogP contribution in [-0.4, -0.2) is 25.0 Å². The third kappa shape index (κ3) is 2.95. The predicted molar refractivity (Wildman–Crippen MR) is 72.5 cm³/mol. The minimum Gasteiger partial charge on any atom is -0.350 e. The molecule has 0 spiro atoms. The van der Waals surface area contributed by atoms with Crippen LogP contribution >= 0.6 is 22.6 Å². The van der Waals surface area contributed by atoms with Crippen molar-refractivity contribution in [2.24, 2.45) is 0 Å². The van der Waals surface area contributed by atoms with Crippen molar-refractivity contribution in [1.82, 2.24) is 10.6 Å². The van der Waals surface area contributed by atoms with Gasteiger partial charge in [-0.15, -0.1) is 0 Å². The van der Waals surface area contributed by atoms with Crippen LogP contribution in [0.15, 0.2) is 24.3 Å². The summed E-state index contributed by atoms with van der Waals surface area (Å²) in [6, 6.07) is 8.09. The van der Waals surface area contributed by atoms with Gasteiger partial charge in [0.25, 0.3) is 5.91 Å². The molecule has 1 amide bonds. The van der Waals surface area contributed by atoms with E-state index in [9.17, 15) is 4.79 Å². The van der Waals surface area contributed by atoms with Crippen LogP contribution in [0.2, 0.25) is 0 Å². The summed E-state index contributed by atoms with van der Waals surface area (Å²) < 4.78 is 0.997. The van der Waals surface area contributed by atoms with Gasteiger partial charge >= 0.3 is 0 Å². The molecular formula is C12H15IN2O. The maximum absolute atomic E-state index is 11.9. The number of hydrogen-bond donors (Lipinski definition) is 2. The fraction of sp³-hybridized carbons (Fsp3) is 0.417. The molecule has 2 rings (SSSR count). The van der Waals surface area contributed by atoms with E-state index in [2.05, 4.69) is 33.2 Å². The number of nitrogens with one attached hydrogen (secondary N) is 2. The van der Waals surface area contributed by atoms with Crippen LogP contribution in [0.5, 0.6) is 0 Å². The number of carbonyl (C=O) groups excluding carboxylic acids is 1. The Kier molecular flexibility index (Phi) is 4.17. The van der Waals surface area contributed by atoms with Crippen LogP contribution in [0, 0.1) is 3.57 Å². The standard InChI is InChI=1S/C12H15IN2O/c13-11-6-2-1-5-10(11)12(16)15-8-9-4-3-7-14-9/h1-2,5-6,9,14H,3-4,7-8H2,(H,15,16). The molecule has 0 aromatic heterocycles. The van der Waals surface area contributed by atoms with Crippen molar-refractivity contribution in [1.29, 1.82) is 0 Å². The molecule has 1 aliphatic heterocycles. The molecule has 4 heteroatoms. The molecule has 1 unspecified atom stereocenters. The first kappa shape index (κ1) is 11.9. The monoisotopic (exact) mass is 330 g/mol. The minimum atomic E-state index is 0.0266. The molecule has 1 atom stereocenters. The fourth-order valence-electron chi connectivity index (χ4n) is 1.89. The Morgan fingerprint density at radius 1 is 1.50 bits per heavy atom. The number of hydrogen-bond acceptors (Lipinski definition) is 2. The quantitative estimate of drug-likeness (QED) is 0.830. The second-order valence-corrected chi connectivity index (χ2v) is 5.15. The van der Waals surface area contributed by atoms with E-state index in [1.807, 2.05) is 24.3 Å². The molecule has 1 fully saturated rings. The van der Waals surface area contributed by atoms with Crippen LogP contribution in [0.3, 0.4) is 0 Å². The Morgan fingerprint density at radius 2 is 2.31 bits per heavy atom. The number of amides is 1. The molecule has 1 aromatic carbocycles. The summed E-state index contributed by atoms with van der Waals surface area (Å²) in [7, 11) is 0. The Labute approximate surface area is 109 Å². The SMILES string of the molecule is O=C(NCC1CCCN1)c1ccccc1I. The van der Waals surface area contributed by atoms with E-state index >= 15 is 0 Å². The summed E-state index contributed by atoms with van der Waals surface area (Å²) in [5, 5.41) is 6.34. The first-order valence-corrected chi connectivity index (χ1v) is 6.61. The summed E-state index contributed by atoms with van der Waals surface area (Å²) in [6.07, 6.45) is 2.37. The van der Waals surface area contributed by atoms with Gasteiger partial charge in [-0.2, -0.15) is 0 Å². The van der Waals surface area contributed by atoms with E-state index < -0.39 is 0 Å². The average molecular weight is 330 g/mol. The Bertz CT molecular complexity index is 375. The lowest BCUT2D eigenvalue weighted by Gasteiger charge is -2.12. The highest BCUT2D eigenvalue weighted by atomic mass is 127. The molecule has 0 bridgehead atoms. The van der Waals surface area contributed by atoms with Gasteiger partial charge in [0.05, 0.1) is 5.56 Å². The lowest BCUT2D eigenvalue weighted by Crippen LogP contribution is -2.37. The van der Waals surface area contributed by atoms with Gasteiger partial charge in [-0.25, -0.2) is 0 Å². The van der Waals surface area contributed by atoms with Crippen molar-refractivity contribution < 1.29 is 4.79 Å². The smallest absolute Gasteiger partial charge is 0.252 e. The van der Waals surface area contributed by atoms with Gasteiger partial charge in [-0.1, -0.05) is 12.1 Å². The van der Waals surface area contributed by atoms with Crippen molar-refractivity contribution in [3.8, 4) is 0 Å². The van der Waals surface area contributed by atoms with Gasteiger partial charge in [-0.05, 0) is 54.1 Å². The first-order valence-electron chi connectivity index (χ1n) is 5.53. The van der Waals surface area contributed by atoms with Crippen molar-refractivity contribution >= 4 is 28.5 Å². The molecule has 86 valence electrons. The summed E-state index contributed by atoms with van der Waals surface area (Å²) in [5.41, 5.74) is 0.765. The maximum Gasteiger partial charge on any atom is 0.252 e. The van der Waals surface area contributed by atoms with Crippen molar-refractivity contribution in [3.05, 3.63) is 33.4 Å². The van der Waals surface area contributed by atoms with Gasteiger partial charge in [0.1, 0.15) is 0 Å². The molecule has 0 saturated carbocycles. The van der Waals surface area contributed by atoms with E-state index in [-0.39, 0.29) is 5.91 Å². The third-order valence-corrected chi connectivity index (χ3v) is 3.73. The van der Waals surface area contributed by atoms with Crippen LogP contribution in [-0.2, 0) is 0 Å². The molecule has 1 aromatic rings. The molecule has 16 heavy (non-hydrogen) atoms. The first-order chi connectivity index (χ1) is 7.77. The lowest BCUT2D eigenvalue weighted by molar-refractivity contribution is 0.0949. The van der Waals surface area contributed by atoms with Crippen molar-refractivity contribution in [3.63, 3.8) is 0 Å². The molecule has 1 saturated heterocycles. The molecule has 1 aliphatic rings. The Hall–Kier alpha value is -0.620. The van der Waals surface area contributed by atoms with Gasteiger partial charge in [-0.3, -0.25) is 4.79 Å². The fourth-order valence-corrected chi connectivity index (χ4v) is 2.52. The molecule has 0 radical (unpaired) electrons. The van der Waals surface area contributed by atoms with Crippen LogP contribution < -0.4 is 10.6 Å². The Morgan fingerprint density at radius 3 is 3.00 bits per heavy atom. The lowest BCUT2D eigenvalue weighted by atomic mass is 10.2. The summed E-state index contributed by atoms with van der Waals surface area (Å²) >= 11 is 2.19. The van der Waals surface area contributed by atoms with Crippen LogP contribution in [0.1, 0.15) is 23.2 Å². The van der Waals surface area contributed by atoms with Crippen molar-refractivity contribution in [2.75, 3.05) is 13.1 Å². The van der Waals surface area contributed by atoms with Gasteiger partial charge in [0, 0.05) is 16.2 Å². The second kappa shape index (κ2) is 5.63. The summed E-state index contributed by atoms with van der Waals surface area (Å²) in [4.78, 5) is 11.9.